The molecule has 0 saturated carbocycles. The first-order chi connectivity index (χ1) is 9.13. The summed E-state index contributed by atoms with van der Waals surface area (Å²) in [6.45, 7) is -0.195. The Hall–Kier alpha value is -2.04. The second kappa shape index (κ2) is 5.73. The largest absolute Gasteiger partial charge is 0.478 e. The van der Waals surface area contributed by atoms with E-state index in [0.717, 1.165) is 0 Å². The van der Waals surface area contributed by atoms with Crippen LogP contribution in [0.4, 0.5) is 0 Å². The van der Waals surface area contributed by atoms with Crippen molar-refractivity contribution in [3.8, 4) is 11.5 Å². The summed E-state index contributed by atoms with van der Waals surface area (Å²) >= 11 is 5.85. The van der Waals surface area contributed by atoms with Crippen LogP contribution in [0, 0.1) is 0 Å². The van der Waals surface area contributed by atoms with Gasteiger partial charge in [0.05, 0.1) is 11.6 Å². The quantitative estimate of drug-likeness (QED) is 0.900. The summed E-state index contributed by atoms with van der Waals surface area (Å²) in [7, 11) is 0. The fraction of sp³-hybridized carbons (Fsp3) is 0.0714. The number of aliphatic hydroxyl groups is 1. The van der Waals surface area contributed by atoms with Gasteiger partial charge in [-0.05, 0) is 18.2 Å². The highest BCUT2D eigenvalue weighted by atomic mass is 35.5. The summed E-state index contributed by atoms with van der Waals surface area (Å²) in [4.78, 5) is 11.2. The molecule has 0 aromatic heterocycles. The topological polar surface area (TPSA) is 66.8 Å². The molecule has 0 atom stereocenters. The van der Waals surface area contributed by atoms with Gasteiger partial charge in [-0.2, -0.15) is 0 Å². The van der Waals surface area contributed by atoms with E-state index in [2.05, 4.69) is 0 Å². The molecule has 2 rings (SSSR count). The van der Waals surface area contributed by atoms with Crippen molar-refractivity contribution in [1.29, 1.82) is 0 Å². The molecule has 0 fully saturated rings. The standard InChI is InChI=1S/C14H11ClO4/c15-10-5-3-7-12(13(10)14(17)18)19-11-6-2-1-4-9(11)8-16/h1-7,16H,8H2,(H,17,18). The van der Waals surface area contributed by atoms with Crippen molar-refractivity contribution in [3.05, 3.63) is 58.6 Å². The molecule has 0 heterocycles. The van der Waals surface area contributed by atoms with Crippen molar-refractivity contribution in [1.82, 2.24) is 0 Å². The summed E-state index contributed by atoms with van der Waals surface area (Å²) in [6, 6.07) is 11.4. The minimum Gasteiger partial charge on any atom is -0.478 e. The van der Waals surface area contributed by atoms with E-state index < -0.39 is 5.97 Å². The number of carbonyl (C=O) groups is 1. The Morgan fingerprint density at radius 2 is 1.79 bits per heavy atom. The van der Waals surface area contributed by atoms with Crippen molar-refractivity contribution >= 4 is 17.6 Å². The van der Waals surface area contributed by atoms with E-state index in [0.29, 0.717) is 11.3 Å². The number of aliphatic hydroxyl groups excluding tert-OH is 1. The van der Waals surface area contributed by atoms with Crippen molar-refractivity contribution in [3.63, 3.8) is 0 Å². The highest BCUT2D eigenvalue weighted by Crippen LogP contribution is 2.32. The average Bonchev–Trinajstić information content (AvgIpc) is 2.39. The number of aromatic carboxylic acids is 1. The van der Waals surface area contributed by atoms with Gasteiger partial charge in [-0.15, -0.1) is 0 Å². The molecule has 0 aliphatic rings. The van der Waals surface area contributed by atoms with Crippen LogP contribution >= 0.6 is 11.6 Å². The predicted octanol–water partition coefficient (Wildman–Crippen LogP) is 3.32. The molecule has 0 amide bonds. The number of carboxylic acid groups (broad SMARTS) is 1. The zero-order valence-electron chi connectivity index (χ0n) is 9.84. The molecule has 2 N–H and O–H groups in total. The fourth-order valence-electron chi connectivity index (χ4n) is 1.65. The van der Waals surface area contributed by atoms with Gasteiger partial charge in [0.2, 0.25) is 0 Å². The summed E-state index contributed by atoms with van der Waals surface area (Å²) in [5.41, 5.74) is 0.468. The molecule has 4 nitrogen and oxygen atoms in total. The molecule has 2 aromatic rings. The maximum Gasteiger partial charge on any atom is 0.341 e. The first-order valence-electron chi connectivity index (χ1n) is 5.52. The molecule has 0 aliphatic carbocycles. The first kappa shape index (κ1) is 13.4. The van der Waals surface area contributed by atoms with Crippen LogP contribution < -0.4 is 4.74 Å². The van der Waals surface area contributed by atoms with E-state index in [9.17, 15) is 9.90 Å². The van der Waals surface area contributed by atoms with Crippen LogP contribution in [0.5, 0.6) is 11.5 Å². The van der Waals surface area contributed by atoms with Gasteiger partial charge in [0, 0.05) is 5.56 Å². The van der Waals surface area contributed by atoms with E-state index >= 15 is 0 Å². The maximum absolute atomic E-state index is 11.2. The van der Waals surface area contributed by atoms with Crippen LogP contribution in [0.1, 0.15) is 15.9 Å². The molecule has 0 aliphatic heterocycles. The number of benzene rings is 2. The molecule has 0 bridgehead atoms. The molecule has 0 spiro atoms. The molecule has 5 heteroatoms. The minimum absolute atomic E-state index is 0.100. The third-order valence-electron chi connectivity index (χ3n) is 2.55. The lowest BCUT2D eigenvalue weighted by atomic mass is 10.2. The summed E-state index contributed by atoms with van der Waals surface area (Å²) < 4.78 is 5.55. The second-order valence-corrected chi connectivity index (χ2v) is 4.19. The van der Waals surface area contributed by atoms with Gasteiger partial charge in [0.1, 0.15) is 17.1 Å². The van der Waals surface area contributed by atoms with E-state index in [4.69, 9.17) is 21.4 Å². The maximum atomic E-state index is 11.2. The highest BCUT2D eigenvalue weighted by molar-refractivity contribution is 6.33. The van der Waals surface area contributed by atoms with E-state index in [1.165, 1.54) is 12.1 Å². The number of ether oxygens (including phenoxy) is 1. The van der Waals surface area contributed by atoms with E-state index in [1.807, 2.05) is 0 Å². The van der Waals surface area contributed by atoms with Crippen molar-refractivity contribution in [2.75, 3.05) is 0 Å². The lowest BCUT2D eigenvalue weighted by Gasteiger charge is -2.12. The van der Waals surface area contributed by atoms with Gasteiger partial charge in [0.15, 0.2) is 0 Å². The van der Waals surface area contributed by atoms with Gasteiger partial charge in [0.25, 0.3) is 0 Å². The zero-order valence-corrected chi connectivity index (χ0v) is 10.6. The number of halogens is 1. The van der Waals surface area contributed by atoms with Crippen LogP contribution in [0.3, 0.4) is 0 Å². The Kier molecular flexibility index (Phi) is 4.04. The Morgan fingerprint density at radius 1 is 1.11 bits per heavy atom. The predicted molar refractivity (Wildman–Crippen MR) is 70.9 cm³/mol. The average molecular weight is 279 g/mol. The first-order valence-corrected chi connectivity index (χ1v) is 5.89. The number of carboxylic acids is 1. The molecular weight excluding hydrogens is 268 g/mol. The number of hydrogen-bond acceptors (Lipinski definition) is 3. The third-order valence-corrected chi connectivity index (χ3v) is 2.87. The van der Waals surface area contributed by atoms with Gasteiger partial charge < -0.3 is 14.9 Å². The molecule has 0 unspecified atom stereocenters. The van der Waals surface area contributed by atoms with Crippen LogP contribution in [0.15, 0.2) is 42.5 Å². The highest BCUT2D eigenvalue weighted by Gasteiger charge is 2.16. The second-order valence-electron chi connectivity index (χ2n) is 3.79. The Bertz CT molecular complexity index is 610. The Morgan fingerprint density at radius 3 is 2.47 bits per heavy atom. The van der Waals surface area contributed by atoms with Crippen molar-refractivity contribution < 1.29 is 19.7 Å². The van der Waals surface area contributed by atoms with Crippen LogP contribution in [0.2, 0.25) is 5.02 Å². The Labute approximate surface area is 114 Å². The van der Waals surface area contributed by atoms with Crippen LogP contribution in [0.25, 0.3) is 0 Å². The smallest absolute Gasteiger partial charge is 0.341 e. The number of hydrogen-bond donors (Lipinski definition) is 2. The van der Waals surface area contributed by atoms with E-state index in [-0.39, 0.29) is 22.9 Å². The molecule has 0 saturated heterocycles. The van der Waals surface area contributed by atoms with Crippen LogP contribution in [-0.4, -0.2) is 16.2 Å². The summed E-state index contributed by atoms with van der Waals surface area (Å²) in [5.74, 6) is -0.627. The summed E-state index contributed by atoms with van der Waals surface area (Å²) in [6.07, 6.45) is 0. The van der Waals surface area contributed by atoms with Crippen LogP contribution in [-0.2, 0) is 6.61 Å². The fourth-order valence-corrected chi connectivity index (χ4v) is 1.90. The molecular formula is C14H11ClO4. The molecule has 98 valence electrons. The van der Waals surface area contributed by atoms with Gasteiger partial charge in [-0.3, -0.25) is 0 Å². The lowest BCUT2D eigenvalue weighted by Crippen LogP contribution is -2.02. The molecule has 0 radical (unpaired) electrons. The number of para-hydroxylation sites is 1. The minimum atomic E-state index is -1.16. The molecule has 19 heavy (non-hydrogen) atoms. The lowest BCUT2D eigenvalue weighted by molar-refractivity contribution is 0.0694. The third kappa shape index (κ3) is 2.86. The monoisotopic (exact) mass is 278 g/mol. The van der Waals surface area contributed by atoms with Gasteiger partial charge in [-0.25, -0.2) is 4.79 Å². The van der Waals surface area contributed by atoms with E-state index in [1.54, 1.807) is 30.3 Å². The SMILES string of the molecule is O=C(O)c1c(Cl)cccc1Oc1ccccc1CO. The zero-order chi connectivity index (χ0) is 13.8. The normalized spacial score (nSPS) is 10.2. The van der Waals surface area contributed by atoms with Gasteiger partial charge in [-0.1, -0.05) is 35.9 Å². The number of rotatable bonds is 4. The summed E-state index contributed by atoms with van der Waals surface area (Å²) in [5, 5.41) is 18.4. The Balaban J connectivity index is 2.44. The van der Waals surface area contributed by atoms with Gasteiger partial charge >= 0.3 is 5.97 Å². The van der Waals surface area contributed by atoms with Crippen molar-refractivity contribution in [2.24, 2.45) is 0 Å². The van der Waals surface area contributed by atoms with Crippen molar-refractivity contribution in [2.45, 2.75) is 6.61 Å². The molecule has 2 aromatic carbocycles.